The molecule has 2 heterocycles. The number of sulfonamides is 2. The lowest BCUT2D eigenvalue weighted by Crippen LogP contribution is -2.48. The third-order valence-electron chi connectivity index (χ3n) is 9.17. The van der Waals surface area contributed by atoms with E-state index in [0.29, 0.717) is 25.0 Å². The number of halogens is 4. The first-order valence-corrected chi connectivity index (χ1v) is 18.7. The van der Waals surface area contributed by atoms with Crippen molar-refractivity contribution in [3.8, 4) is 16.8 Å². The van der Waals surface area contributed by atoms with Crippen LogP contribution in [-0.4, -0.2) is 44.8 Å². The molecule has 6 rings (SSSR count). The van der Waals surface area contributed by atoms with Crippen molar-refractivity contribution in [2.24, 2.45) is 15.4 Å². The molecule has 0 saturated heterocycles. The molecule has 1 fully saturated rings. The van der Waals surface area contributed by atoms with E-state index < -0.39 is 54.9 Å². The third-order valence-corrected chi connectivity index (χ3v) is 11.0. The second-order valence-electron chi connectivity index (χ2n) is 12.3. The molecule has 0 radical (unpaired) electrons. The second-order valence-corrected chi connectivity index (χ2v) is 15.4. The summed E-state index contributed by atoms with van der Waals surface area (Å²) in [6.45, 7) is 0. The number of rotatable bonds is 9. The van der Waals surface area contributed by atoms with E-state index in [-0.39, 0.29) is 32.3 Å². The van der Waals surface area contributed by atoms with Crippen LogP contribution >= 0.6 is 0 Å². The lowest BCUT2D eigenvalue weighted by atomic mass is 9.92. The maximum atomic E-state index is 14.1. The summed E-state index contributed by atoms with van der Waals surface area (Å²) in [5.74, 6) is 0. The van der Waals surface area contributed by atoms with Gasteiger partial charge in [0.25, 0.3) is 12.9 Å². The van der Waals surface area contributed by atoms with Gasteiger partial charge in [-0.05, 0) is 80.5 Å². The van der Waals surface area contributed by atoms with Crippen molar-refractivity contribution in [1.29, 1.82) is 0 Å². The van der Waals surface area contributed by atoms with Crippen molar-refractivity contribution < 1.29 is 34.4 Å². The van der Waals surface area contributed by atoms with Gasteiger partial charge in [0.2, 0.25) is 20.0 Å². The summed E-state index contributed by atoms with van der Waals surface area (Å²) in [5, 5.41) is 19.9. The van der Waals surface area contributed by atoms with Gasteiger partial charge in [0.1, 0.15) is 17.9 Å². The Morgan fingerprint density at radius 3 is 2.19 bits per heavy atom. The van der Waals surface area contributed by atoms with Gasteiger partial charge in [-0.25, -0.2) is 49.4 Å². The van der Waals surface area contributed by atoms with Crippen molar-refractivity contribution in [2.75, 3.05) is 0 Å². The molecular formula is C32H35F4N6O4S2+. The molecule has 0 bridgehead atoms. The minimum atomic E-state index is -4.45. The van der Waals surface area contributed by atoms with E-state index in [1.807, 2.05) is 6.08 Å². The summed E-state index contributed by atoms with van der Waals surface area (Å²) >= 11 is 0. The lowest BCUT2D eigenvalue weighted by molar-refractivity contribution is 0.145. The van der Waals surface area contributed by atoms with Crippen LogP contribution in [0, 0.1) is 0 Å². The highest BCUT2D eigenvalue weighted by Gasteiger charge is 2.46. The van der Waals surface area contributed by atoms with Gasteiger partial charge in [-0.1, -0.05) is 17.6 Å². The maximum Gasteiger partial charge on any atom is 0.285 e. The van der Waals surface area contributed by atoms with Crippen molar-refractivity contribution >= 4 is 37.0 Å². The number of nitrogens with two attached hydrogens (primary N) is 2. The predicted molar refractivity (Wildman–Crippen MR) is 174 cm³/mol. The quantitative estimate of drug-likeness (QED) is 0.192. The summed E-state index contributed by atoms with van der Waals surface area (Å²) in [7, 11) is -8.77. The first-order valence-electron chi connectivity index (χ1n) is 15.6. The summed E-state index contributed by atoms with van der Waals surface area (Å²) in [4.78, 5) is -0.698. The fourth-order valence-corrected chi connectivity index (χ4v) is 8.16. The molecule has 3 aromatic rings. The Balaban J connectivity index is 1.65. The SMILES string of the molecule is NS(=O)(=O)c1ccc(-c2cc(-n3nc(C(F)F)cc3C3=CCCCC3)ccc2S(N)(=O)=O)c([N+]2(C3CCCCC3)C=CC(C(F)F)=N2)c1. The van der Waals surface area contributed by atoms with E-state index in [9.17, 15) is 34.4 Å². The van der Waals surface area contributed by atoms with E-state index in [1.54, 1.807) is 0 Å². The Morgan fingerprint density at radius 1 is 0.833 bits per heavy atom. The first kappa shape index (κ1) is 34.2. The van der Waals surface area contributed by atoms with Gasteiger partial charge in [-0.2, -0.15) is 5.10 Å². The molecule has 2 aliphatic carbocycles. The molecule has 1 aromatic heterocycles. The zero-order valence-corrected chi connectivity index (χ0v) is 27.4. The number of alkyl halides is 4. The Labute approximate surface area is 276 Å². The zero-order valence-electron chi connectivity index (χ0n) is 25.8. The molecule has 256 valence electrons. The molecule has 16 heteroatoms. The molecule has 1 unspecified atom stereocenters. The normalized spacial score (nSPS) is 20.8. The monoisotopic (exact) mass is 707 g/mol. The molecule has 3 aliphatic rings. The molecule has 4 N–H and O–H groups in total. The van der Waals surface area contributed by atoms with Gasteiger partial charge in [0.05, 0.1) is 21.2 Å². The van der Waals surface area contributed by atoms with Crippen LogP contribution in [0.5, 0.6) is 0 Å². The van der Waals surface area contributed by atoms with Crippen LogP contribution in [0.15, 0.2) is 75.7 Å². The van der Waals surface area contributed by atoms with E-state index in [1.165, 1.54) is 59.4 Å². The molecule has 0 amide bonds. The van der Waals surface area contributed by atoms with Crippen molar-refractivity contribution in [2.45, 2.75) is 86.5 Å². The minimum Gasteiger partial charge on any atom is -0.233 e. The van der Waals surface area contributed by atoms with Gasteiger partial charge in [0, 0.05) is 36.1 Å². The molecule has 2 aromatic carbocycles. The van der Waals surface area contributed by atoms with E-state index in [2.05, 4.69) is 10.2 Å². The molecule has 0 spiro atoms. The van der Waals surface area contributed by atoms with Crippen LogP contribution in [0.2, 0.25) is 0 Å². The van der Waals surface area contributed by atoms with Gasteiger partial charge < -0.3 is 0 Å². The van der Waals surface area contributed by atoms with Crippen LogP contribution in [0.3, 0.4) is 0 Å². The number of benzene rings is 2. The topological polar surface area (TPSA) is 150 Å². The summed E-state index contributed by atoms with van der Waals surface area (Å²) in [5.41, 5.74) is 0.668. The number of aromatic nitrogens is 2. The number of allylic oxidation sites excluding steroid dienone is 3. The Hall–Kier alpha value is -3.70. The van der Waals surface area contributed by atoms with Crippen molar-refractivity contribution in [3.63, 3.8) is 0 Å². The zero-order chi connectivity index (χ0) is 34.4. The summed E-state index contributed by atoms with van der Waals surface area (Å²) < 4.78 is 108. The Kier molecular flexibility index (Phi) is 9.23. The molecule has 1 atom stereocenters. The Bertz CT molecular complexity index is 2060. The molecule has 1 aliphatic heterocycles. The fourth-order valence-electron chi connectivity index (χ4n) is 6.90. The molecule has 1 saturated carbocycles. The summed E-state index contributed by atoms with van der Waals surface area (Å²) in [6.07, 6.45) is 5.57. The second kappa shape index (κ2) is 13.0. The van der Waals surface area contributed by atoms with Gasteiger partial charge >= 0.3 is 0 Å². The average molecular weight is 708 g/mol. The highest BCUT2D eigenvalue weighted by Crippen LogP contribution is 2.46. The summed E-state index contributed by atoms with van der Waals surface area (Å²) in [6, 6.07) is 8.69. The largest absolute Gasteiger partial charge is 0.285 e. The van der Waals surface area contributed by atoms with E-state index in [0.717, 1.165) is 44.1 Å². The van der Waals surface area contributed by atoms with Crippen molar-refractivity contribution in [1.82, 2.24) is 14.4 Å². The van der Waals surface area contributed by atoms with Crippen LogP contribution in [0.25, 0.3) is 22.4 Å². The maximum absolute atomic E-state index is 14.1. The van der Waals surface area contributed by atoms with Crippen LogP contribution in [-0.2, 0) is 20.0 Å². The van der Waals surface area contributed by atoms with Gasteiger partial charge in [-0.15, -0.1) is 4.59 Å². The van der Waals surface area contributed by atoms with Crippen molar-refractivity contribution in [3.05, 3.63) is 72.2 Å². The number of quaternary nitrogens is 1. The number of nitrogens with zero attached hydrogens (tertiary/aromatic N) is 4. The number of hydrogen-bond acceptors (Lipinski definition) is 6. The Morgan fingerprint density at radius 2 is 1.58 bits per heavy atom. The lowest BCUT2D eigenvalue weighted by Gasteiger charge is -2.37. The average Bonchev–Trinajstić information content (AvgIpc) is 3.71. The van der Waals surface area contributed by atoms with Crippen LogP contribution in [0.1, 0.15) is 75.6 Å². The highest BCUT2D eigenvalue weighted by molar-refractivity contribution is 7.89. The molecule has 48 heavy (non-hydrogen) atoms. The third kappa shape index (κ3) is 6.51. The minimum absolute atomic E-state index is 0.0222. The van der Waals surface area contributed by atoms with Gasteiger partial charge in [0.15, 0.2) is 11.4 Å². The molecular weight excluding hydrogens is 673 g/mol. The number of primary sulfonamides is 2. The fraction of sp³-hybridized carbons (Fsp3) is 0.375. The van der Waals surface area contributed by atoms with E-state index in [4.69, 9.17) is 10.3 Å². The highest BCUT2D eigenvalue weighted by atomic mass is 32.2. The smallest absolute Gasteiger partial charge is 0.233 e. The molecule has 10 nitrogen and oxygen atoms in total. The van der Waals surface area contributed by atoms with Crippen LogP contribution in [0.4, 0.5) is 23.2 Å². The van der Waals surface area contributed by atoms with Crippen LogP contribution < -0.4 is 14.9 Å². The predicted octanol–water partition coefficient (Wildman–Crippen LogP) is 6.52. The standard InChI is InChI=1S/C32H35F4N6O4S2/c33-31(34)26-15-16-42(40-26,22-9-5-2-6-10-22)29-18-23(47(37,43)44)12-13-24(29)25-17-21(11-14-30(25)48(38,45)46)41-28(19-27(39-41)32(35)36)20-7-3-1-4-8-20/h7,11-19,22,31-32H,1-6,8-10H2,(H2,37,43,44)(H2,38,45,46)/q+1. The number of hydrogen-bond donors (Lipinski definition) is 2. The van der Waals surface area contributed by atoms with E-state index >= 15 is 0 Å². The van der Waals surface area contributed by atoms with Gasteiger partial charge in [-0.3, -0.25) is 0 Å². The first-order chi connectivity index (χ1) is 22.7.